The lowest BCUT2D eigenvalue weighted by atomic mass is 9.92. The summed E-state index contributed by atoms with van der Waals surface area (Å²) in [5.74, 6) is 24.7. The summed E-state index contributed by atoms with van der Waals surface area (Å²) < 4.78 is 0. The lowest BCUT2D eigenvalue weighted by molar-refractivity contribution is 1.68. The van der Waals surface area contributed by atoms with E-state index in [9.17, 15) is 0 Å². The highest BCUT2D eigenvalue weighted by atomic mass is 14.1. The molecule has 0 unspecified atom stereocenters. The minimum Gasteiger partial charge on any atom is -0.101 e. The number of hydrogen-bond donors (Lipinski definition) is 0. The van der Waals surface area contributed by atoms with E-state index in [1.807, 2.05) is 27.7 Å². The summed E-state index contributed by atoms with van der Waals surface area (Å²) in [4.78, 5) is 0. The molecule has 188 valence electrons. The Morgan fingerprint density at radius 2 is 0.700 bits per heavy atom. The number of fused-ring (bicyclic) bond motifs is 4. The molecule has 0 fully saturated rings. The van der Waals surface area contributed by atoms with Crippen LogP contribution in [0, 0.1) is 47.4 Å². The summed E-state index contributed by atoms with van der Waals surface area (Å²) in [6, 6.07) is 33.9. The van der Waals surface area contributed by atoms with E-state index in [1.54, 1.807) is 0 Å². The molecule has 0 amide bonds. The smallest absolute Gasteiger partial charge is 0.0402 e. The van der Waals surface area contributed by atoms with Crippen molar-refractivity contribution in [2.45, 2.75) is 27.7 Å². The molecule has 0 heterocycles. The molecule has 0 bridgehead atoms. The topological polar surface area (TPSA) is 0 Å². The van der Waals surface area contributed by atoms with Crippen molar-refractivity contribution in [3.63, 3.8) is 0 Å². The van der Waals surface area contributed by atoms with Crippen LogP contribution in [0.4, 0.5) is 0 Å². The third kappa shape index (κ3) is 5.27. The maximum atomic E-state index is 3.26. The molecule has 0 spiro atoms. The second-order valence-electron chi connectivity index (χ2n) is 9.32. The highest BCUT2D eigenvalue weighted by Gasteiger charge is 2.10. The van der Waals surface area contributed by atoms with Gasteiger partial charge in [-0.1, -0.05) is 84.3 Å². The first kappa shape index (κ1) is 26.2. The Morgan fingerprint density at radius 3 is 1.02 bits per heavy atom. The summed E-state index contributed by atoms with van der Waals surface area (Å²) in [7, 11) is 0. The minimum atomic E-state index is 1.06. The van der Waals surface area contributed by atoms with Crippen LogP contribution in [0.3, 0.4) is 0 Å². The van der Waals surface area contributed by atoms with Gasteiger partial charge >= 0.3 is 0 Å². The van der Waals surface area contributed by atoms with Crippen LogP contribution >= 0.6 is 0 Å². The molecule has 6 rings (SSSR count). The monoisotopic (exact) mass is 508 g/mol. The molecular weight excluding hydrogens is 480 g/mol. The third-order valence-electron chi connectivity index (χ3n) is 6.77. The van der Waals surface area contributed by atoms with Gasteiger partial charge in [-0.2, -0.15) is 0 Å². The zero-order valence-corrected chi connectivity index (χ0v) is 23.2. The Balaban J connectivity index is 0.000000161. The zero-order chi connectivity index (χ0) is 27.9. The Hall–Kier alpha value is -5.40. The standard InChI is InChI=1S/2C20H14/c1-3-9-15-17-11-5-7-13-19(17)16(10-4-2)20-14-8-6-12-18(15)20;1-3-5-15-7-9-17-14-20-12-16(6-4-2)8-10-18(20)13-19(17)11-15/h5-8,11-14H,1-2H3;7-14H,1-2H3. The molecule has 0 aliphatic carbocycles. The largest absolute Gasteiger partial charge is 0.101 e. The van der Waals surface area contributed by atoms with Crippen LogP contribution in [0.2, 0.25) is 0 Å². The number of rotatable bonds is 0. The van der Waals surface area contributed by atoms with Crippen molar-refractivity contribution in [2.75, 3.05) is 0 Å². The Labute approximate surface area is 237 Å². The van der Waals surface area contributed by atoms with Gasteiger partial charge in [-0.25, -0.2) is 0 Å². The first-order chi connectivity index (χ1) is 19.7. The van der Waals surface area contributed by atoms with Crippen molar-refractivity contribution < 1.29 is 0 Å². The quantitative estimate of drug-likeness (QED) is 0.142. The average molecular weight is 509 g/mol. The predicted molar refractivity (Wildman–Crippen MR) is 173 cm³/mol. The van der Waals surface area contributed by atoms with Crippen molar-refractivity contribution in [2.24, 2.45) is 0 Å². The summed E-state index contributed by atoms with van der Waals surface area (Å²) in [6.07, 6.45) is 0. The van der Waals surface area contributed by atoms with Crippen LogP contribution in [0.25, 0.3) is 43.1 Å². The molecule has 0 aromatic heterocycles. The summed E-state index contributed by atoms with van der Waals surface area (Å²) in [5, 5.41) is 9.65. The van der Waals surface area contributed by atoms with Crippen LogP contribution in [-0.2, 0) is 0 Å². The molecular formula is C40H28. The van der Waals surface area contributed by atoms with Gasteiger partial charge in [-0.05, 0) is 107 Å². The summed E-state index contributed by atoms with van der Waals surface area (Å²) in [6.45, 7) is 7.48. The van der Waals surface area contributed by atoms with Crippen molar-refractivity contribution in [3.05, 3.63) is 119 Å². The fraction of sp³-hybridized carbons (Fsp3) is 0.100. The van der Waals surface area contributed by atoms with E-state index in [2.05, 4.69) is 144 Å². The van der Waals surface area contributed by atoms with Crippen LogP contribution in [0.15, 0.2) is 97.1 Å². The van der Waals surface area contributed by atoms with E-state index < -0.39 is 0 Å². The van der Waals surface area contributed by atoms with Gasteiger partial charge in [0.15, 0.2) is 0 Å². The van der Waals surface area contributed by atoms with E-state index in [1.165, 1.54) is 43.1 Å². The maximum absolute atomic E-state index is 3.26. The van der Waals surface area contributed by atoms with Gasteiger partial charge in [-0.3, -0.25) is 0 Å². The lowest BCUT2D eigenvalue weighted by Crippen LogP contribution is -1.89. The van der Waals surface area contributed by atoms with Gasteiger partial charge < -0.3 is 0 Å². The van der Waals surface area contributed by atoms with Crippen molar-refractivity contribution in [1.82, 2.24) is 0 Å². The normalized spacial score (nSPS) is 9.70. The highest BCUT2D eigenvalue weighted by Crippen LogP contribution is 2.32. The average Bonchev–Trinajstić information content (AvgIpc) is 2.98. The van der Waals surface area contributed by atoms with Crippen molar-refractivity contribution in [1.29, 1.82) is 0 Å². The Bertz CT molecular complexity index is 1950. The fourth-order valence-corrected chi connectivity index (χ4v) is 5.09. The molecule has 0 saturated heterocycles. The first-order valence-corrected chi connectivity index (χ1v) is 13.3. The molecule has 0 heteroatoms. The van der Waals surface area contributed by atoms with E-state index in [4.69, 9.17) is 0 Å². The molecule has 0 aliphatic rings. The van der Waals surface area contributed by atoms with E-state index in [0.29, 0.717) is 0 Å². The van der Waals surface area contributed by atoms with E-state index >= 15 is 0 Å². The van der Waals surface area contributed by atoms with E-state index in [0.717, 1.165) is 22.3 Å². The molecule has 0 atom stereocenters. The van der Waals surface area contributed by atoms with Crippen LogP contribution in [0.5, 0.6) is 0 Å². The SMILES string of the molecule is CC#Cc1c2ccccc2c(C#CC)c2ccccc12.CC#Cc1ccc2cc3cc(C#CC)ccc3cc2c1. The van der Waals surface area contributed by atoms with Gasteiger partial charge in [0.25, 0.3) is 0 Å². The molecule has 0 nitrogen and oxygen atoms in total. The van der Waals surface area contributed by atoms with Gasteiger partial charge in [0, 0.05) is 22.3 Å². The molecule has 6 aromatic carbocycles. The highest BCUT2D eigenvalue weighted by molar-refractivity contribution is 6.09. The molecule has 0 saturated carbocycles. The maximum Gasteiger partial charge on any atom is 0.0402 e. The first-order valence-electron chi connectivity index (χ1n) is 13.3. The molecule has 0 radical (unpaired) electrons. The van der Waals surface area contributed by atoms with Crippen molar-refractivity contribution >= 4 is 43.1 Å². The Morgan fingerprint density at radius 1 is 0.350 bits per heavy atom. The van der Waals surface area contributed by atoms with Crippen LogP contribution in [-0.4, -0.2) is 0 Å². The molecule has 6 aromatic rings. The van der Waals surface area contributed by atoms with Gasteiger partial charge in [0.2, 0.25) is 0 Å². The lowest BCUT2D eigenvalue weighted by Gasteiger charge is -2.10. The van der Waals surface area contributed by atoms with Gasteiger partial charge in [0.05, 0.1) is 0 Å². The Kier molecular flexibility index (Phi) is 7.85. The molecule has 0 N–H and O–H groups in total. The predicted octanol–water partition coefficient (Wildman–Crippen LogP) is 9.47. The summed E-state index contributed by atoms with van der Waals surface area (Å²) >= 11 is 0. The van der Waals surface area contributed by atoms with Gasteiger partial charge in [0.1, 0.15) is 0 Å². The second-order valence-corrected chi connectivity index (χ2v) is 9.32. The van der Waals surface area contributed by atoms with Crippen LogP contribution in [0.1, 0.15) is 49.9 Å². The third-order valence-corrected chi connectivity index (χ3v) is 6.77. The molecule has 40 heavy (non-hydrogen) atoms. The number of hydrogen-bond acceptors (Lipinski definition) is 0. The van der Waals surface area contributed by atoms with Crippen molar-refractivity contribution in [3.8, 4) is 47.4 Å². The summed E-state index contributed by atoms with van der Waals surface area (Å²) in [5.41, 5.74) is 4.32. The van der Waals surface area contributed by atoms with E-state index in [-0.39, 0.29) is 0 Å². The zero-order valence-electron chi connectivity index (χ0n) is 23.2. The molecule has 0 aliphatic heterocycles. The fourth-order valence-electron chi connectivity index (χ4n) is 5.09. The minimum absolute atomic E-state index is 1.06. The second kappa shape index (κ2) is 12.0. The number of benzene rings is 6. The van der Waals surface area contributed by atoms with Gasteiger partial charge in [-0.15, -0.1) is 23.7 Å². The van der Waals surface area contributed by atoms with Crippen LogP contribution < -0.4 is 0 Å².